The number of esters is 1. The predicted octanol–water partition coefficient (Wildman–Crippen LogP) is 3.38. The van der Waals surface area contributed by atoms with Crippen molar-refractivity contribution >= 4 is 28.5 Å². The van der Waals surface area contributed by atoms with Crippen molar-refractivity contribution in [1.29, 1.82) is 0 Å². The van der Waals surface area contributed by atoms with Gasteiger partial charge < -0.3 is 14.4 Å². The van der Waals surface area contributed by atoms with Gasteiger partial charge >= 0.3 is 12.1 Å². The van der Waals surface area contributed by atoms with E-state index in [2.05, 4.69) is 5.10 Å². The van der Waals surface area contributed by atoms with E-state index in [1.807, 2.05) is 40.0 Å². The van der Waals surface area contributed by atoms with Crippen molar-refractivity contribution < 1.29 is 19.1 Å². The predicted molar refractivity (Wildman–Crippen MR) is 102 cm³/mol. The van der Waals surface area contributed by atoms with Crippen LogP contribution in [-0.2, 0) is 16.5 Å². The van der Waals surface area contributed by atoms with Crippen LogP contribution in [0.3, 0.4) is 0 Å². The number of aryl methyl sites for hydroxylation is 1. The molecule has 0 unspecified atom stereocenters. The molecule has 0 spiro atoms. The molecular formula is C20H25N3O4. The summed E-state index contributed by atoms with van der Waals surface area (Å²) in [6, 6.07) is 5.40. The van der Waals surface area contributed by atoms with Crippen molar-refractivity contribution in [2.45, 2.75) is 33.3 Å². The van der Waals surface area contributed by atoms with Crippen molar-refractivity contribution in [1.82, 2.24) is 14.7 Å². The minimum atomic E-state index is -0.527. The first-order valence-electron chi connectivity index (χ1n) is 9.01. The molecule has 3 rings (SSSR count). The fraction of sp³-hybridized carbons (Fsp3) is 0.450. The molecule has 144 valence electrons. The molecule has 0 saturated carbocycles. The Labute approximate surface area is 158 Å². The molecule has 0 fully saturated rings. The van der Waals surface area contributed by atoms with Crippen molar-refractivity contribution in [2.24, 2.45) is 7.05 Å². The molecular weight excluding hydrogens is 346 g/mol. The number of hydrogen-bond acceptors (Lipinski definition) is 5. The zero-order valence-corrected chi connectivity index (χ0v) is 16.4. The average molecular weight is 371 g/mol. The summed E-state index contributed by atoms with van der Waals surface area (Å²) in [6.07, 6.45) is 1.66. The van der Waals surface area contributed by atoms with Gasteiger partial charge in [-0.3, -0.25) is 4.68 Å². The monoisotopic (exact) mass is 371 g/mol. The van der Waals surface area contributed by atoms with Crippen LogP contribution in [0.1, 0.15) is 43.7 Å². The smallest absolute Gasteiger partial charge is 0.410 e. The zero-order valence-electron chi connectivity index (χ0n) is 16.4. The Morgan fingerprint density at radius 2 is 2.00 bits per heavy atom. The quantitative estimate of drug-likeness (QED) is 0.773. The van der Waals surface area contributed by atoms with Crippen LogP contribution in [0.5, 0.6) is 0 Å². The molecule has 1 aliphatic heterocycles. The molecule has 7 heteroatoms. The molecule has 2 aromatic rings. The standard InChI is InChI=1S/C20H25N3O4/c1-6-26-18(24)13-7-8-15-16(11-13)22(5)21-17(15)14-9-10-23(12-14)19(25)27-20(2,3)4/h7-9,11H,6,10,12H2,1-5H3. The van der Waals surface area contributed by atoms with E-state index >= 15 is 0 Å². The fourth-order valence-corrected chi connectivity index (χ4v) is 3.03. The second kappa shape index (κ2) is 7.06. The Hall–Kier alpha value is -2.83. The number of fused-ring (bicyclic) bond motifs is 1. The summed E-state index contributed by atoms with van der Waals surface area (Å²) in [5.41, 5.74) is 2.59. The SMILES string of the molecule is CCOC(=O)c1ccc2c(C3=CCN(C(=O)OC(C)(C)C)C3)nn(C)c2c1. The number of hydrogen-bond donors (Lipinski definition) is 0. The number of ether oxygens (including phenoxy) is 2. The van der Waals surface area contributed by atoms with E-state index < -0.39 is 5.60 Å². The van der Waals surface area contributed by atoms with E-state index in [1.54, 1.807) is 28.6 Å². The van der Waals surface area contributed by atoms with Gasteiger partial charge in [0, 0.05) is 19.0 Å². The van der Waals surface area contributed by atoms with E-state index in [0.29, 0.717) is 25.3 Å². The first-order valence-corrected chi connectivity index (χ1v) is 9.01. The highest BCUT2D eigenvalue weighted by atomic mass is 16.6. The number of carbonyl (C=O) groups is 2. The molecule has 2 heterocycles. The first kappa shape index (κ1) is 18.9. The van der Waals surface area contributed by atoms with Gasteiger partial charge in [0.25, 0.3) is 0 Å². The molecule has 1 aliphatic rings. The summed E-state index contributed by atoms with van der Waals surface area (Å²) < 4.78 is 12.2. The largest absolute Gasteiger partial charge is 0.462 e. The van der Waals surface area contributed by atoms with Crippen molar-refractivity contribution in [3.8, 4) is 0 Å². The Kier molecular flexibility index (Phi) is 4.95. The Bertz CT molecular complexity index is 921. The minimum absolute atomic E-state index is 0.334. The first-order chi connectivity index (χ1) is 12.7. The van der Waals surface area contributed by atoms with Crippen molar-refractivity contribution in [3.63, 3.8) is 0 Å². The van der Waals surface area contributed by atoms with E-state index in [0.717, 1.165) is 22.2 Å². The lowest BCUT2D eigenvalue weighted by molar-refractivity contribution is 0.0306. The molecule has 1 aromatic heterocycles. The molecule has 0 saturated heterocycles. The maximum atomic E-state index is 12.3. The minimum Gasteiger partial charge on any atom is -0.462 e. The third kappa shape index (κ3) is 3.97. The molecule has 0 radical (unpaired) electrons. The van der Waals surface area contributed by atoms with Gasteiger partial charge in [-0.2, -0.15) is 5.10 Å². The van der Waals surface area contributed by atoms with Gasteiger partial charge in [-0.25, -0.2) is 9.59 Å². The third-order valence-electron chi connectivity index (χ3n) is 4.24. The number of benzene rings is 1. The van der Waals surface area contributed by atoms with E-state index in [4.69, 9.17) is 9.47 Å². The van der Waals surface area contributed by atoms with Crippen LogP contribution in [0.25, 0.3) is 16.5 Å². The summed E-state index contributed by atoms with van der Waals surface area (Å²) in [6.45, 7) is 8.60. The van der Waals surface area contributed by atoms with E-state index in [9.17, 15) is 9.59 Å². The molecule has 7 nitrogen and oxygen atoms in total. The van der Waals surface area contributed by atoms with Crippen LogP contribution >= 0.6 is 0 Å². The third-order valence-corrected chi connectivity index (χ3v) is 4.24. The van der Waals surface area contributed by atoms with E-state index in [1.165, 1.54) is 0 Å². The summed E-state index contributed by atoms with van der Waals surface area (Å²) >= 11 is 0. The number of aromatic nitrogens is 2. The van der Waals surface area contributed by atoms with Crippen LogP contribution in [0, 0.1) is 0 Å². The highest BCUT2D eigenvalue weighted by Crippen LogP contribution is 2.29. The lowest BCUT2D eigenvalue weighted by atomic mass is 10.1. The van der Waals surface area contributed by atoms with Crippen LogP contribution in [0.2, 0.25) is 0 Å². The number of amides is 1. The number of carbonyl (C=O) groups excluding carboxylic acids is 2. The fourth-order valence-electron chi connectivity index (χ4n) is 3.03. The maximum absolute atomic E-state index is 12.3. The van der Waals surface area contributed by atoms with Gasteiger partial charge in [0.15, 0.2) is 0 Å². The van der Waals surface area contributed by atoms with Gasteiger partial charge in [0.1, 0.15) is 5.60 Å². The zero-order chi connectivity index (χ0) is 19.8. The number of rotatable bonds is 3. The number of nitrogens with zero attached hydrogens (tertiary/aromatic N) is 3. The Morgan fingerprint density at radius 1 is 1.26 bits per heavy atom. The summed E-state index contributed by atoms with van der Waals surface area (Å²) in [7, 11) is 1.84. The second-order valence-corrected chi connectivity index (χ2v) is 7.51. The van der Waals surface area contributed by atoms with Gasteiger partial charge in [0.2, 0.25) is 0 Å². The molecule has 27 heavy (non-hydrogen) atoms. The van der Waals surface area contributed by atoms with Crippen LogP contribution in [0.4, 0.5) is 4.79 Å². The van der Waals surface area contributed by atoms with Crippen LogP contribution in [-0.4, -0.2) is 52.0 Å². The summed E-state index contributed by atoms with van der Waals surface area (Å²) in [4.78, 5) is 25.9. The highest BCUT2D eigenvalue weighted by Gasteiger charge is 2.27. The molecule has 0 N–H and O–H groups in total. The molecule has 0 atom stereocenters. The summed E-state index contributed by atoms with van der Waals surface area (Å²) in [5.74, 6) is -0.349. The maximum Gasteiger partial charge on any atom is 0.410 e. The molecule has 0 aliphatic carbocycles. The Morgan fingerprint density at radius 3 is 2.67 bits per heavy atom. The van der Waals surface area contributed by atoms with Crippen molar-refractivity contribution in [2.75, 3.05) is 19.7 Å². The molecule has 1 aromatic carbocycles. The van der Waals surface area contributed by atoms with Crippen LogP contribution < -0.4 is 0 Å². The highest BCUT2D eigenvalue weighted by molar-refractivity contribution is 5.98. The topological polar surface area (TPSA) is 73.7 Å². The van der Waals surface area contributed by atoms with Gasteiger partial charge in [-0.15, -0.1) is 0 Å². The molecule has 0 bridgehead atoms. The lowest BCUT2D eigenvalue weighted by Crippen LogP contribution is -2.35. The normalized spacial score (nSPS) is 14.4. The summed E-state index contributed by atoms with van der Waals surface area (Å²) in [5, 5.41) is 5.54. The average Bonchev–Trinajstić information content (AvgIpc) is 3.18. The molecule has 1 amide bonds. The second-order valence-electron chi connectivity index (χ2n) is 7.51. The lowest BCUT2D eigenvalue weighted by Gasteiger charge is -2.24. The van der Waals surface area contributed by atoms with Crippen LogP contribution in [0.15, 0.2) is 24.3 Å². The van der Waals surface area contributed by atoms with Gasteiger partial charge in [-0.05, 0) is 51.5 Å². The Balaban J connectivity index is 1.84. The van der Waals surface area contributed by atoms with E-state index in [-0.39, 0.29) is 12.1 Å². The van der Waals surface area contributed by atoms with Crippen molar-refractivity contribution in [3.05, 3.63) is 35.5 Å². The van der Waals surface area contributed by atoms with Gasteiger partial charge in [0.05, 0.1) is 29.9 Å². The van der Waals surface area contributed by atoms with Gasteiger partial charge in [-0.1, -0.05) is 6.08 Å².